The van der Waals surface area contributed by atoms with E-state index in [1.54, 1.807) is 6.92 Å². The van der Waals surface area contributed by atoms with Crippen molar-refractivity contribution in [1.82, 2.24) is 4.98 Å². The van der Waals surface area contributed by atoms with Crippen molar-refractivity contribution < 1.29 is 5.11 Å². The predicted molar refractivity (Wildman–Crippen MR) is 48.9 cm³/mol. The largest absolute Gasteiger partial charge is 0.505 e. The van der Waals surface area contributed by atoms with E-state index in [0.717, 1.165) is 0 Å². The number of halogens is 2. The van der Waals surface area contributed by atoms with Gasteiger partial charge in [-0.25, -0.2) is 0 Å². The molecule has 1 aromatic rings. The summed E-state index contributed by atoms with van der Waals surface area (Å²) in [4.78, 5) is 13.5. The topological polar surface area (TPSA) is 53.1 Å². The molecule has 11 heavy (non-hydrogen) atoms. The number of H-pyrrole nitrogens is 1. The number of aryl methyl sites for hydroxylation is 1. The van der Waals surface area contributed by atoms with Gasteiger partial charge in [0.2, 0.25) is 0 Å². The van der Waals surface area contributed by atoms with Gasteiger partial charge in [0.05, 0.1) is 4.47 Å². The summed E-state index contributed by atoms with van der Waals surface area (Å²) in [5.41, 5.74) is 0.277. The highest BCUT2D eigenvalue weighted by molar-refractivity contribution is 9.11. The second kappa shape index (κ2) is 2.98. The Balaban J connectivity index is 3.59. The van der Waals surface area contributed by atoms with Gasteiger partial charge >= 0.3 is 0 Å². The lowest BCUT2D eigenvalue weighted by Crippen LogP contribution is -2.08. The Morgan fingerprint density at radius 3 is 2.45 bits per heavy atom. The van der Waals surface area contributed by atoms with Crippen LogP contribution in [0.5, 0.6) is 5.75 Å². The van der Waals surface area contributed by atoms with Crippen molar-refractivity contribution in [3.05, 3.63) is 25.0 Å². The minimum Gasteiger partial charge on any atom is -0.505 e. The summed E-state index contributed by atoms with van der Waals surface area (Å²) in [5, 5.41) is 9.25. The van der Waals surface area contributed by atoms with Crippen molar-refractivity contribution in [3.63, 3.8) is 0 Å². The highest BCUT2D eigenvalue weighted by Crippen LogP contribution is 2.30. The molecule has 5 heteroatoms. The molecule has 0 aliphatic carbocycles. The zero-order valence-electron chi connectivity index (χ0n) is 5.61. The van der Waals surface area contributed by atoms with Crippen LogP contribution in [-0.2, 0) is 0 Å². The molecule has 0 atom stereocenters. The molecule has 0 saturated carbocycles. The van der Waals surface area contributed by atoms with Gasteiger partial charge in [-0.2, -0.15) is 0 Å². The normalized spacial score (nSPS) is 10.1. The average molecular weight is 283 g/mol. The maximum Gasteiger partial charge on any atom is 0.266 e. The molecule has 1 aromatic heterocycles. The maximum atomic E-state index is 10.9. The molecule has 0 unspecified atom stereocenters. The smallest absolute Gasteiger partial charge is 0.266 e. The fraction of sp³-hybridized carbons (Fsp3) is 0.167. The minimum atomic E-state index is -0.330. The Morgan fingerprint density at radius 2 is 1.91 bits per heavy atom. The Labute approximate surface area is 79.7 Å². The van der Waals surface area contributed by atoms with Crippen LogP contribution in [-0.4, -0.2) is 10.1 Å². The van der Waals surface area contributed by atoms with E-state index in [1.165, 1.54) is 0 Å². The van der Waals surface area contributed by atoms with Crippen molar-refractivity contribution in [2.75, 3.05) is 0 Å². The van der Waals surface area contributed by atoms with Gasteiger partial charge in [-0.3, -0.25) is 4.79 Å². The van der Waals surface area contributed by atoms with Crippen LogP contribution in [0.3, 0.4) is 0 Å². The lowest BCUT2D eigenvalue weighted by Gasteiger charge is -2.01. The monoisotopic (exact) mass is 281 g/mol. The third-order valence-electron chi connectivity index (χ3n) is 1.25. The number of hydrogen-bond acceptors (Lipinski definition) is 2. The molecule has 60 valence electrons. The van der Waals surface area contributed by atoms with Crippen LogP contribution in [0, 0.1) is 6.92 Å². The van der Waals surface area contributed by atoms with E-state index >= 15 is 0 Å². The molecule has 0 fully saturated rings. The molecule has 0 aliphatic rings. The zero-order valence-corrected chi connectivity index (χ0v) is 8.78. The van der Waals surface area contributed by atoms with E-state index < -0.39 is 0 Å². The van der Waals surface area contributed by atoms with E-state index in [4.69, 9.17) is 0 Å². The Bertz CT molecular complexity index is 345. The number of pyridine rings is 1. The van der Waals surface area contributed by atoms with E-state index in [-0.39, 0.29) is 15.8 Å². The lowest BCUT2D eigenvalue weighted by atomic mass is 10.3. The Hall–Kier alpha value is -0.290. The number of rotatable bonds is 0. The SMILES string of the molecule is Cc1[nH]c(=O)c(Br)c(O)c1Br. The minimum absolute atomic E-state index is 0.0637. The van der Waals surface area contributed by atoms with Gasteiger partial charge in [0.25, 0.3) is 5.56 Å². The van der Waals surface area contributed by atoms with E-state index in [9.17, 15) is 9.90 Å². The third kappa shape index (κ3) is 1.49. The highest BCUT2D eigenvalue weighted by Gasteiger charge is 2.09. The molecule has 2 N–H and O–H groups in total. The highest BCUT2D eigenvalue weighted by atomic mass is 79.9. The van der Waals surface area contributed by atoms with Crippen molar-refractivity contribution in [2.45, 2.75) is 6.92 Å². The molecule has 1 rings (SSSR count). The summed E-state index contributed by atoms with van der Waals surface area (Å²) in [6, 6.07) is 0. The summed E-state index contributed by atoms with van der Waals surface area (Å²) < 4.78 is 0.652. The Kier molecular flexibility index (Phi) is 2.39. The number of hydrogen-bond donors (Lipinski definition) is 2. The Morgan fingerprint density at radius 1 is 1.36 bits per heavy atom. The summed E-state index contributed by atoms with van der Waals surface area (Å²) in [7, 11) is 0. The van der Waals surface area contributed by atoms with Gasteiger partial charge in [-0.15, -0.1) is 0 Å². The van der Waals surface area contributed by atoms with Crippen LogP contribution in [0.4, 0.5) is 0 Å². The predicted octanol–water partition coefficient (Wildman–Crippen LogP) is 1.91. The fourth-order valence-corrected chi connectivity index (χ4v) is 1.52. The molecule has 0 aromatic carbocycles. The zero-order chi connectivity index (χ0) is 8.59. The van der Waals surface area contributed by atoms with Crippen LogP contribution in [0.2, 0.25) is 0 Å². The van der Waals surface area contributed by atoms with Crippen LogP contribution < -0.4 is 5.56 Å². The first kappa shape index (κ1) is 8.80. The molecule has 0 bridgehead atoms. The summed E-state index contributed by atoms with van der Waals surface area (Å²) in [6.45, 7) is 1.69. The van der Waals surface area contributed by atoms with Gasteiger partial charge in [-0.1, -0.05) is 0 Å². The number of aromatic nitrogens is 1. The van der Waals surface area contributed by atoms with Gasteiger partial charge in [0.1, 0.15) is 4.47 Å². The standard InChI is InChI=1S/C6H5Br2NO2/c1-2-3(7)5(10)4(8)6(11)9-2/h1H3,(H2,9,10,11). The number of aromatic hydroxyl groups is 1. The molecule has 0 amide bonds. The van der Waals surface area contributed by atoms with E-state index in [2.05, 4.69) is 36.8 Å². The summed E-state index contributed by atoms with van der Waals surface area (Å²) >= 11 is 6.05. The lowest BCUT2D eigenvalue weighted by molar-refractivity contribution is 0.465. The maximum absolute atomic E-state index is 10.9. The second-order valence-electron chi connectivity index (χ2n) is 2.06. The van der Waals surface area contributed by atoms with Crippen molar-refractivity contribution in [3.8, 4) is 5.75 Å². The van der Waals surface area contributed by atoms with Crippen molar-refractivity contribution in [2.24, 2.45) is 0 Å². The first-order chi connectivity index (χ1) is 5.04. The van der Waals surface area contributed by atoms with Crippen molar-refractivity contribution in [1.29, 1.82) is 0 Å². The van der Waals surface area contributed by atoms with Crippen LogP contribution in [0.25, 0.3) is 0 Å². The van der Waals surface area contributed by atoms with E-state index in [1.807, 2.05) is 0 Å². The molecule has 0 spiro atoms. The first-order valence-electron chi connectivity index (χ1n) is 2.81. The molecule has 0 aliphatic heterocycles. The second-order valence-corrected chi connectivity index (χ2v) is 3.64. The van der Waals surface area contributed by atoms with Gasteiger partial charge < -0.3 is 10.1 Å². The van der Waals surface area contributed by atoms with Crippen LogP contribution in [0.15, 0.2) is 13.7 Å². The number of aromatic amines is 1. The molecule has 0 radical (unpaired) electrons. The molecule has 1 heterocycles. The van der Waals surface area contributed by atoms with Crippen LogP contribution in [0.1, 0.15) is 5.69 Å². The van der Waals surface area contributed by atoms with Gasteiger partial charge in [0, 0.05) is 5.69 Å². The summed E-state index contributed by atoms with van der Waals surface area (Å²) in [6.07, 6.45) is 0. The summed E-state index contributed by atoms with van der Waals surface area (Å²) in [5.74, 6) is -0.0637. The average Bonchev–Trinajstić information content (AvgIpc) is 1.97. The van der Waals surface area contributed by atoms with Crippen molar-refractivity contribution >= 4 is 31.9 Å². The fourth-order valence-electron chi connectivity index (χ4n) is 0.662. The molecular weight excluding hydrogens is 278 g/mol. The number of nitrogens with one attached hydrogen (secondary N) is 1. The quantitative estimate of drug-likeness (QED) is 0.764. The van der Waals surface area contributed by atoms with E-state index in [0.29, 0.717) is 10.2 Å². The first-order valence-corrected chi connectivity index (χ1v) is 4.39. The third-order valence-corrected chi connectivity index (χ3v) is 2.95. The van der Waals surface area contributed by atoms with Gasteiger partial charge in [0.15, 0.2) is 5.75 Å². The van der Waals surface area contributed by atoms with Crippen LogP contribution >= 0.6 is 31.9 Å². The van der Waals surface area contributed by atoms with Gasteiger partial charge in [-0.05, 0) is 38.8 Å². The molecule has 3 nitrogen and oxygen atoms in total. The molecule has 0 saturated heterocycles. The molecular formula is C6H5Br2NO2.